The second-order valence-corrected chi connectivity index (χ2v) is 6.73. The zero-order valence-electron chi connectivity index (χ0n) is 13.3. The number of amides is 1. The van der Waals surface area contributed by atoms with Gasteiger partial charge in [0.2, 0.25) is 0 Å². The summed E-state index contributed by atoms with van der Waals surface area (Å²) >= 11 is 1.45. The summed E-state index contributed by atoms with van der Waals surface area (Å²) in [4.78, 5) is 20.9. The number of nitrogens with zero attached hydrogens (tertiary/aromatic N) is 3. The Hall–Kier alpha value is -1.83. The number of β-amino-alcohol motifs (C(OH)–C–C–N with tert-alkyl or cyclic N) is 1. The smallest absolute Gasteiger partial charge is 0.273 e. The molecule has 1 aliphatic rings. The van der Waals surface area contributed by atoms with Crippen molar-refractivity contribution in [2.45, 2.75) is 6.42 Å². The number of hydrogen-bond donors (Lipinski definition) is 1. The SMILES string of the molecule is O=C(c1csc(Cc2ccc(F)cc2)n1)N1CCN(CCO)CC1. The van der Waals surface area contributed by atoms with Crippen LogP contribution in [-0.2, 0) is 6.42 Å². The van der Waals surface area contributed by atoms with Crippen LogP contribution < -0.4 is 0 Å². The molecule has 0 bridgehead atoms. The molecule has 7 heteroatoms. The van der Waals surface area contributed by atoms with Gasteiger partial charge in [0, 0.05) is 44.5 Å². The van der Waals surface area contributed by atoms with Crippen LogP contribution in [0.25, 0.3) is 0 Å². The van der Waals surface area contributed by atoms with Gasteiger partial charge < -0.3 is 10.0 Å². The molecule has 3 rings (SSSR count). The van der Waals surface area contributed by atoms with Crippen LogP contribution in [0.15, 0.2) is 29.6 Å². The van der Waals surface area contributed by atoms with E-state index in [2.05, 4.69) is 9.88 Å². The minimum absolute atomic E-state index is 0.0414. The molecule has 1 saturated heterocycles. The van der Waals surface area contributed by atoms with E-state index in [4.69, 9.17) is 5.11 Å². The number of aromatic nitrogens is 1. The average Bonchev–Trinajstić information content (AvgIpc) is 3.06. The van der Waals surface area contributed by atoms with Gasteiger partial charge in [0.1, 0.15) is 11.5 Å². The van der Waals surface area contributed by atoms with E-state index in [1.54, 1.807) is 17.5 Å². The first-order chi connectivity index (χ1) is 11.7. The predicted molar refractivity (Wildman–Crippen MR) is 90.7 cm³/mol. The van der Waals surface area contributed by atoms with Crippen molar-refractivity contribution < 1.29 is 14.3 Å². The molecule has 0 radical (unpaired) electrons. The zero-order chi connectivity index (χ0) is 16.9. The Balaban J connectivity index is 1.59. The zero-order valence-corrected chi connectivity index (χ0v) is 14.1. The number of halogens is 1. The maximum atomic E-state index is 12.9. The number of aliphatic hydroxyl groups is 1. The van der Waals surface area contributed by atoms with Gasteiger partial charge in [-0.25, -0.2) is 9.37 Å². The molecular formula is C17H20FN3O2S. The number of hydrogen-bond acceptors (Lipinski definition) is 5. The second-order valence-electron chi connectivity index (χ2n) is 5.79. The summed E-state index contributed by atoms with van der Waals surface area (Å²) in [5.41, 5.74) is 1.45. The van der Waals surface area contributed by atoms with Gasteiger partial charge in [0.25, 0.3) is 5.91 Å². The van der Waals surface area contributed by atoms with Crippen LogP contribution in [0, 0.1) is 5.82 Å². The van der Waals surface area contributed by atoms with E-state index < -0.39 is 0 Å². The van der Waals surface area contributed by atoms with Crippen molar-refractivity contribution >= 4 is 17.2 Å². The van der Waals surface area contributed by atoms with Crippen molar-refractivity contribution in [1.82, 2.24) is 14.8 Å². The van der Waals surface area contributed by atoms with E-state index >= 15 is 0 Å². The van der Waals surface area contributed by atoms with E-state index in [0.29, 0.717) is 31.7 Å². The third-order valence-corrected chi connectivity index (χ3v) is 4.96. The maximum absolute atomic E-state index is 12.9. The summed E-state index contributed by atoms with van der Waals surface area (Å²) in [6.07, 6.45) is 0.600. The highest BCUT2D eigenvalue weighted by Crippen LogP contribution is 2.17. The van der Waals surface area contributed by atoms with Crippen LogP contribution in [0.5, 0.6) is 0 Å². The molecule has 1 N–H and O–H groups in total. The standard InChI is InChI=1S/C17H20FN3O2S/c18-14-3-1-13(2-4-14)11-16-19-15(12-24-16)17(23)21-7-5-20(6-8-21)9-10-22/h1-4,12,22H,5-11H2. The number of rotatable bonds is 5. The molecule has 0 aliphatic carbocycles. The van der Waals surface area contributed by atoms with Crippen LogP contribution in [0.2, 0.25) is 0 Å². The summed E-state index contributed by atoms with van der Waals surface area (Å²) in [5.74, 6) is -0.297. The summed E-state index contributed by atoms with van der Waals surface area (Å²) in [5, 5.41) is 11.6. The molecule has 2 aromatic rings. The van der Waals surface area contributed by atoms with Gasteiger partial charge in [-0.05, 0) is 17.7 Å². The molecule has 1 fully saturated rings. The molecule has 0 atom stereocenters. The number of carbonyl (C=O) groups excluding carboxylic acids is 1. The van der Waals surface area contributed by atoms with Crippen molar-refractivity contribution in [3.05, 3.63) is 51.7 Å². The Morgan fingerprint density at radius 2 is 1.92 bits per heavy atom. The van der Waals surface area contributed by atoms with Crippen molar-refractivity contribution in [1.29, 1.82) is 0 Å². The average molecular weight is 349 g/mol. The molecule has 5 nitrogen and oxygen atoms in total. The minimum atomic E-state index is -0.255. The first-order valence-corrected chi connectivity index (χ1v) is 8.85. The Morgan fingerprint density at radius 1 is 1.21 bits per heavy atom. The third-order valence-electron chi connectivity index (χ3n) is 4.12. The highest BCUT2D eigenvalue weighted by molar-refractivity contribution is 7.09. The van der Waals surface area contributed by atoms with Crippen LogP contribution in [0.3, 0.4) is 0 Å². The first kappa shape index (κ1) is 17.0. The van der Waals surface area contributed by atoms with Gasteiger partial charge in [-0.15, -0.1) is 11.3 Å². The molecular weight excluding hydrogens is 329 g/mol. The van der Waals surface area contributed by atoms with Crippen LogP contribution in [-0.4, -0.2) is 65.1 Å². The van der Waals surface area contributed by atoms with Gasteiger partial charge in [-0.2, -0.15) is 0 Å². The van der Waals surface area contributed by atoms with Crippen LogP contribution in [0.1, 0.15) is 21.1 Å². The van der Waals surface area contributed by atoms with E-state index in [-0.39, 0.29) is 18.3 Å². The molecule has 0 unspecified atom stereocenters. The number of aliphatic hydroxyl groups excluding tert-OH is 1. The lowest BCUT2D eigenvalue weighted by Crippen LogP contribution is -2.49. The topological polar surface area (TPSA) is 56.7 Å². The first-order valence-electron chi connectivity index (χ1n) is 7.97. The Bertz CT molecular complexity index is 681. The number of benzene rings is 1. The highest BCUT2D eigenvalue weighted by atomic mass is 32.1. The van der Waals surface area contributed by atoms with Gasteiger partial charge in [-0.1, -0.05) is 12.1 Å². The van der Waals surface area contributed by atoms with Crippen molar-refractivity contribution in [3.63, 3.8) is 0 Å². The highest BCUT2D eigenvalue weighted by Gasteiger charge is 2.23. The second kappa shape index (κ2) is 7.83. The van der Waals surface area contributed by atoms with Crippen molar-refractivity contribution in [2.75, 3.05) is 39.3 Å². The van der Waals surface area contributed by atoms with Gasteiger partial charge in [0.15, 0.2) is 0 Å². The summed E-state index contributed by atoms with van der Waals surface area (Å²) in [6, 6.07) is 6.33. The molecule has 0 saturated carbocycles. The molecule has 0 spiro atoms. The van der Waals surface area contributed by atoms with Gasteiger partial charge >= 0.3 is 0 Å². The fourth-order valence-corrected chi connectivity index (χ4v) is 3.55. The van der Waals surface area contributed by atoms with Crippen molar-refractivity contribution in [2.24, 2.45) is 0 Å². The van der Waals surface area contributed by atoms with Crippen LogP contribution >= 0.6 is 11.3 Å². The van der Waals surface area contributed by atoms with E-state index in [1.807, 2.05) is 4.90 Å². The fourth-order valence-electron chi connectivity index (χ4n) is 2.75. The van der Waals surface area contributed by atoms with E-state index in [9.17, 15) is 9.18 Å². The van der Waals surface area contributed by atoms with Crippen molar-refractivity contribution in [3.8, 4) is 0 Å². The molecule has 1 amide bonds. The Kier molecular flexibility index (Phi) is 5.55. The lowest BCUT2D eigenvalue weighted by Gasteiger charge is -2.33. The van der Waals surface area contributed by atoms with Gasteiger partial charge in [0.05, 0.1) is 11.6 Å². The molecule has 128 valence electrons. The molecule has 1 aromatic carbocycles. The molecule has 1 aliphatic heterocycles. The lowest BCUT2D eigenvalue weighted by atomic mass is 10.1. The number of thiazole rings is 1. The summed E-state index contributed by atoms with van der Waals surface area (Å²) < 4.78 is 12.9. The lowest BCUT2D eigenvalue weighted by molar-refractivity contribution is 0.0610. The molecule has 24 heavy (non-hydrogen) atoms. The number of piperazine rings is 1. The van der Waals surface area contributed by atoms with Crippen LogP contribution in [0.4, 0.5) is 4.39 Å². The summed E-state index contributed by atoms with van der Waals surface area (Å²) in [6.45, 7) is 3.67. The largest absolute Gasteiger partial charge is 0.395 e. The van der Waals surface area contributed by atoms with E-state index in [1.165, 1.54) is 23.5 Å². The minimum Gasteiger partial charge on any atom is -0.395 e. The number of carbonyl (C=O) groups is 1. The van der Waals surface area contributed by atoms with Gasteiger partial charge in [-0.3, -0.25) is 9.69 Å². The normalized spacial score (nSPS) is 15.7. The third kappa shape index (κ3) is 4.17. The predicted octanol–water partition coefficient (Wildman–Crippen LogP) is 1.62. The monoisotopic (exact) mass is 349 g/mol. The molecule has 1 aromatic heterocycles. The maximum Gasteiger partial charge on any atom is 0.273 e. The Labute approximate surface area is 144 Å². The fraction of sp³-hybridized carbons (Fsp3) is 0.412. The Morgan fingerprint density at radius 3 is 2.58 bits per heavy atom. The summed E-state index contributed by atoms with van der Waals surface area (Å²) in [7, 11) is 0. The molecule has 2 heterocycles. The quantitative estimate of drug-likeness (QED) is 0.891. The van der Waals surface area contributed by atoms with E-state index in [0.717, 1.165) is 23.7 Å².